The fraction of sp³-hybridized carbons (Fsp3) is 0.176. The quantitative estimate of drug-likeness (QED) is 0.254. The average Bonchev–Trinajstić information content (AvgIpc) is 2.60. The van der Waals surface area contributed by atoms with E-state index in [1.165, 1.54) is 43.0 Å². The van der Waals surface area contributed by atoms with Crippen LogP contribution in [-0.4, -0.2) is 29.0 Å². The lowest BCUT2D eigenvalue weighted by Crippen LogP contribution is -2.24. The number of hydrogen-bond donors (Lipinski definition) is 0. The first-order chi connectivity index (χ1) is 11.8. The molecule has 8 heteroatoms. The Morgan fingerprint density at radius 2 is 1.76 bits per heavy atom. The maximum absolute atomic E-state index is 12.9. The van der Waals surface area contributed by atoms with E-state index in [4.69, 9.17) is 4.74 Å². The van der Waals surface area contributed by atoms with Crippen molar-refractivity contribution in [2.75, 3.05) is 6.26 Å². The zero-order chi connectivity index (χ0) is 18.6. The normalized spacial score (nSPS) is 11.6. The van der Waals surface area contributed by atoms with E-state index in [0.29, 0.717) is 4.90 Å². The summed E-state index contributed by atoms with van der Waals surface area (Å²) in [4.78, 5) is 35.2. The number of carbonyl (C=O) groups excluding carboxylic acids is 2. The Balaban J connectivity index is 2.15. The van der Waals surface area contributed by atoms with E-state index in [1.54, 1.807) is 6.26 Å². The number of hydrogen-bond acceptors (Lipinski definition) is 6. The van der Waals surface area contributed by atoms with Gasteiger partial charge >= 0.3 is 5.97 Å². The van der Waals surface area contributed by atoms with Gasteiger partial charge < -0.3 is 4.74 Å². The molecule has 0 aliphatic heterocycles. The minimum Gasteiger partial charge on any atom is -0.451 e. The van der Waals surface area contributed by atoms with Crippen molar-refractivity contribution in [3.05, 3.63) is 69.5 Å². The number of esters is 1. The number of nitro groups is 1. The highest BCUT2D eigenvalue weighted by Crippen LogP contribution is 2.28. The number of carbonyl (C=O) groups is 2. The van der Waals surface area contributed by atoms with Crippen LogP contribution in [0.15, 0.2) is 47.4 Å². The van der Waals surface area contributed by atoms with E-state index in [1.807, 2.05) is 0 Å². The average molecular weight is 363 g/mol. The first-order valence-corrected chi connectivity index (χ1v) is 8.39. The van der Waals surface area contributed by atoms with Crippen LogP contribution in [0.2, 0.25) is 0 Å². The Kier molecular flexibility index (Phi) is 5.87. The van der Waals surface area contributed by atoms with Crippen molar-refractivity contribution in [1.29, 1.82) is 0 Å². The molecule has 0 amide bonds. The molecule has 0 aliphatic carbocycles. The predicted octanol–water partition coefficient (Wildman–Crippen LogP) is 3.88. The van der Waals surface area contributed by atoms with Gasteiger partial charge in [-0.15, -0.1) is 11.8 Å². The van der Waals surface area contributed by atoms with Crippen LogP contribution in [0.5, 0.6) is 0 Å². The van der Waals surface area contributed by atoms with Crippen molar-refractivity contribution < 1.29 is 23.6 Å². The van der Waals surface area contributed by atoms with E-state index in [9.17, 15) is 24.1 Å². The second-order valence-electron chi connectivity index (χ2n) is 5.06. The van der Waals surface area contributed by atoms with Crippen LogP contribution in [0, 0.1) is 15.9 Å². The molecule has 0 spiro atoms. The third-order valence-corrected chi connectivity index (χ3v) is 4.18. The molecule has 2 rings (SSSR count). The number of rotatable bonds is 6. The van der Waals surface area contributed by atoms with Crippen LogP contribution in [0.3, 0.4) is 0 Å². The Bertz CT molecular complexity index is 822. The molecule has 0 radical (unpaired) electrons. The lowest BCUT2D eigenvalue weighted by atomic mass is 10.1. The maximum Gasteiger partial charge on any atom is 0.339 e. The third-order valence-electron chi connectivity index (χ3n) is 3.39. The smallest absolute Gasteiger partial charge is 0.339 e. The fourth-order valence-electron chi connectivity index (χ4n) is 2.09. The molecule has 0 bridgehead atoms. The second kappa shape index (κ2) is 7.89. The molecule has 0 aromatic heterocycles. The number of nitro benzene ring substituents is 1. The summed E-state index contributed by atoms with van der Waals surface area (Å²) in [5.41, 5.74) is -0.0341. The molecule has 0 N–H and O–H groups in total. The number of halogens is 1. The molecule has 0 aliphatic rings. The summed E-state index contributed by atoms with van der Waals surface area (Å²) in [6.07, 6.45) is 0.571. The third kappa shape index (κ3) is 4.42. The molecule has 0 heterocycles. The van der Waals surface area contributed by atoms with Crippen LogP contribution in [-0.2, 0) is 4.74 Å². The highest BCUT2D eigenvalue weighted by Gasteiger charge is 2.23. The first kappa shape index (κ1) is 18.6. The largest absolute Gasteiger partial charge is 0.451 e. The number of ketones is 1. The Morgan fingerprint density at radius 1 is 1.16 bits per heavy atom. The molecule has 6 nitrogen and oxygen atoms in total. The molecule has 130 valence electrons. The summed E-state index contributed by atoms with van der Waals surface area (Å²) in [5.74, 6) is -1.83. The van der Waals surface area contributed by atoms with Gasteiger partial charge in [-0.2, -0.15) is 0 Å². The summed E-state index contributed by atoms with van der Waals surface area (Å²) >= 11 is 1.18. The standard InChI is InChI=1S/C17H14FNO5S/c1-10(16(20)11-3-6-13(18)7-4-11)24-17(21)12-5-8-15(25-2)14(9-12)19(22)23/h3-10H,1-2H3/t10-/m0/s1. The van der Waals surface area contributed by atoms with E-state index in [2.05, 4.69) is 0 Å². The number of benzene rings is 2. The zero-order valence-corrected chi connectivity index (χ0v) is 14.2. The maximum atomic E-state index is 12.9. The highest BCUT2D eigenvalue weighted by molar-refractivity contribution is 7.98. The topological polar surface area (TPSA) is 86.5 Å². The van der Waals surface area contributed by atoms with Crippen molar-refractivity contribution in [2.45, 2.75) is 17.9 Å². The minimum atomic E-state index is -1.11. The van der Waals surface area contributed by atoms with Crippen molar-refractivity contribution in [2.24, 2.45) is 0 Å². The summed E-state index contributed by atoms with van der Waals surface area (Å²) in [6, 6.07) is 8.81. The molecular weight excluding hydrogens is 349 g/mol. The second-order valence-corrected chi connectivity index (χ2v) is 5.91. The van der Waals surface area contributed by atoms with Gasteiger partial charge in [0, 0.05) is 11.6 Å². The summed E-state index contributed by atoms with van der Waals surface area (Å²) < 4.78 is 18.0. The van der Waals surface area contributed by atoms with Gasteiger partial charge in [-0.05, 0) is 49.6 Å². The van der Waals surface area contributed by atoms with Crippen molar-refractivity contribution >= 4 is 29.2 Å². The number of nitrogens with zero attached hydrogens (tertiary/aromatic N) is 1. The number of ether oxygens (including phenoxy) is 1. The first-order valence-electron chi connectivity index (χ1n) is 7.16. The van der Waals surface area contributed by atoms with Gasteiger partial charge in [0.15, 0.2) is 6.10 Å². The van der Waals surface area contributed by atoms with Gasteiger partial charge in [0.05, 0.1) is 15.4 Å². The summed E-state index contributed by atoms with van der Waals surface area (Å²) in [5, 5.41) is 11.1. The van der Waals surface area contributed by atoms with Crippen LogP contribution in [0.25, 0.3) is 0 Å². The lowest BCUT2D eigenvalue weighted by Gasteiger charge is -2.12. The molecule has 1 atom stereocenters. The molecule has 2 aromatic rings. The Morgan fingerprint density at radius 3 is 2.32 bits per heavy atom. The van der Waals surface area contributed by atoms with E-state index < -0.39 is 28.6 Å². The van der Waals surface area contributed by atoms with Gasteiger partial charge in [0.1, 0.15) is 5.82 Å². The lowest BCUT2D eigenvalue weighted by molar-refractivity contribution is -0.387. The van der Waals surface area contributed by atoms with E-state index >= 15 is 0 Å². The Labute approximate surface area is 147 Å². The number of Topliss-reactive ketones (excluding diaryl/α,β-unsaturated/α-hetero) is 1. The molecular formula is C17H14FNO5S. The molecule has 0 fully saturated rings. The van der Waals surface area contributed by atoms with Crippen LogP contribution >= 0.6 is 11.8 Å². The van der Waals surface area contributed by atoms with Gasteiger partial charge in [-0.1, -0.05) is 0 Å². The van der Waals surface area contributed by atoms with Crippen molar-refractivity contribution in [1.82, 2.24) is 0 Å². The molecule has 0 saturated carbocycles. The summed E-state index contributed by atoms with van der Waals surface area (Å²) in [6.45, 7) is 1.38. The fourth-order valence-corrected chi connectivity index (χ4v) is 2.64. The SMILES string of the molecule is CSc1ccc(C(=O)O[C@@H](C)C(=O)c2ccc(F)cc2)cc1[N+](=O)[O-]. The number of thioether (sulfide) groups is 1. The molecule has 0 saturated heterocycles. The molecule has 25 heavy (non-hydrogen) atoms. The zero-order valence-electron chi connectivity index (χ0n) is 13.4. The molecule has 2 aromatic carbocycles. The molecule has 0 unspecified atom stereocenters. The van der Waals surface area contributed by atoms with E-state index in [0.717, 1.165) is 18.2 Å². The minimum absolute atomic E-state index is 0.0248. The summed E-state index contributed by atoms with van der Waals surface area (Å²) in [7, 11) is 0. The van der Waals surface area contributed by atoms with Gasteiger partial charge in [-0.3, -0.25) is 14.9 Å². The predicted molar refractivity (Wildman–Crippen MR) is 90.5 cm³/mol. The van der Waals surface area contributed by atoms with Crippen LogP contribution in [0.1, 0.15) is 27.6 Å². The van der Waals surface area contributed by atoms with Crippen molar-refractivity contribution in [3.8, 4) is 0 Å². The van der Waals surface area contributed by atoms with E-state index in [-0.39, 0.29) is 16.8 Å². The monoisotopic (exact) mass is 363 g/mol. The van der Waals surface area contributed by atoms with Gasteiger partial charge in [-0.25, -0.2) is 9.18 Å². The van der Waals surface area contributed by atoms with Crippen LogP contribution in [0.4, 0.5) is 10.1 Å². The van der Waals surface area contributed by atoms with Crippen molar-refractivity contribution in [3.63, 3.8) is 0 Å². The van der Waals surface area contributed by atoms with Gasteiger partial charge in [0.25, 0.3) is 5.69 Å². The highest BCUT2D eigenvalue weighted by atomic mass is 32.2. The van der Waals surface area contributed by atoms with Crippen LogP contribution < -0.4 is 0 Å². The Hall–Kier alpha value is -2.74. The van der Waals surface area contributed by atoms with Gasteiger partial charge in [0.2, 0.25) is 5.78 Å².